The van der Waals surface area contributed by atoms with E-state index in [1.807, 2.05) is 19.2 Å². The van der Waals surface area contributed by atoms with Crippen LogP contribution in [0.5, 0.6) is 0 Å². The van der Waals surface area contributed by atoms with E-state index in [0.29, 0.717) is 0 Å². The zero-order valence-electron chi connectivity index (χ0n) is 7.98. The molecule has 74 valence electrons. The average Bonchev–Trinajstić information content (AvgIpc) is 2.61. The lowest BCUT2D eigenvalue weighted by molar-refractivity contribution is 0.867. The van der Waals surface area contributed by atoms with Gasteiger partial charge in [0.2, 0.25) is 0 Å². The van der Waals surface area contributed by atoms with Crippen LogP contribution in [0.25, 0.3) is 4.83 Å². The molecule has 2 rings (SSSR count). The predicted molar refractivity (Wildman–Crippen MR) is 60.5 cm³/mol. The van der Waals surface area contributed by atoms with Crippen LogP contribution in [0.1, 0.15) is 12.5 Å². The van der Waals surface area contributed by atoms with E-state index in [1.165, 1.54) is 4.52 Å². The van der Waals surface area contributed by atoms with Gasteiger partial charge in [0.15, 0.2) is 4.34 Å². The summed E-state index contributed by atoms with van der Waals surface area (Å²) in [6.45, 7) is 2.04. The number of aryl methyl sites for hydroxylation is 1. The second kappa shape index (κ2) is 3.74. The van der Waals surface area contributed by atoms with Crippen molar-refractivity contribution in [1.29, 1.82) is 0 Å². The molecular formula is C9H10N2OS2. The highest BCUT2D eigenvalue weighted by Crippen LogP contribution is 2.22. The first kappa shape index (κ1) is 9.73. The fourth-order valence-electron chi connectivity index (χ4n) is 1.24. The van der Waals surface area contributed by atoms with Crippen LogP contribution in [-0.2, 0) is 6.42 Å². The van der Waals surface area contributed by atoms with Crippen LogP contribution < -0.4 is 5.56 Å². The lowest BCUT2D eigenvalue weighted by Crippen LogP contribution is -2.13. The number of fused-ring (bicyclic) bond motifs is 1. The Balaban J connectivity index is 2.73. The van der Waals surface area contributed by atoms with Crippen LogP contribution in [0.4, 0.5) is 0 Å². The van der Waals surface area contributed by atoms with Crippen LogP contribution in [0.3, 0.4) is 0 Å². The van der Waals surface area contributed by atoms with Gasteiger partial charge in [0, 0.05) is 6.07 Å². The summed E-state index contributed by atoms with van der Waals surface area (Å²) in [6, 6.07) is 3.68. The monoisotopic (exact) mass is 226 g/mol. The molecule has 0 unspecified atom stereocenters. The maximum Gasteiger partial charge on any atom is 0.272 e. The minimum atomic E-state index is -0.0316. The quantitative estimate of drug-likeness (QED) is 0.735. The van der Waals surface area contributed by atoms with Gasteiger partial charge in [0.1, 0.15) is 4.83 Å². The number of hydrogen-bond acceptors (Lipinski definition) is 4. The fraction of sp³-hybridized carbons (Fsp3) is 0.333. The summed E-state index contributed by atoms with van der Waals surface area (Å²) >= 11 is 3.12. The smallest absolute Gasteiger partial charge is 0.267 e. The van der Waals surface area contributed by atoms with E-state index in [-0.39, 0.29) is 5.56 Å². The minimum Gasteiger partial charge on any atom is -0.267 e. The first-order valence-corrected chi connectivity index (χ1v) is 6.35. The number of aromatic nitrogens is 2. The third-order valence-electron chi connectivity index (χ3n) is 1.99. The maximum absolute atomic E-state index is 11.6. The molecule has 0 aliphatic rings. The summed E-state index contributed by atoms with van der Waals surface area (Å²) in [6.07, 6.45) is 2.85. The second-order valence-electron chi connectivity index (χ2n) is 2.88. The number of hydrogen-bond donors (Lipinski definition) is 0. The van der Waals surface area contributed by atoms with Gasteiger partial charge in [-0.05, 0) is 24.3 Å². The van der Waals surface area contributed by atoms with Crippen molar-refractivity contribution in [2.45, 2.75) is 17.7 Å². The molecule has 5 heteroatoms. The zero-order valence-corrected chi connectivity index (χ0v) is 9.61. The second-order valence-corrected chi connectivity index (χ2v) is 4.94. The number of thioether (sulfide) groups is 1. The van der Waals surface area contributed by atoms with Gasteiger partial charge in [-0.3, -0.25) is 4.79 Å². The van der Waals surface area contributed by atoms with Crippen LogP contribution in [0, 0.1) is 0 Å². The Bertz CT molecular complexity index is 515. The molecule has 2 heterocycles. The molecule has 2 aromatic rings. The highest BCUT2D eigenvalue weighted by atomic mass is 32.2. The van der Waals surface area contributed by atoms with Gasteiger partial charge < -0.3 is 0 Å². The molecular weight excluding hydrogens is 216 g/mol. The van der Waals surface area contributed by atoms with E-state index in [0.717, 1.165) is 21.2 Å². The Morgan fingerprint density at radius 1 is 1.57 bits per heavy atom. The van der Waals surface area contributed by atoms with Crippen LogP contribution in [0.15, 0.2) is 21.3 Å². The first-order valence-electron chi connectivity index (χ1n) is 4.31. The number of rotatable bonds is 2. The molecule has 0 spiro atoms. The molecule has 3 nitrogen and oxygen atoms in total. The van der Waals surface area contributed by atoms with E-state index in [2.05, 4.69) is 5.10 Å². The largest absolute Gasteiger partial charge is 0.272 e. The van der Waals surface area contributed by atoms with E-state index in [1.54, 1.807) is 29.2 Å². The van der Waals surface area contributed by atoms with Gasteiger partial charge in [-0.1, -0.05) is 30.0 Å². The summed E-state index contributed by atoms with van der Waals surface area (Å²) in [5.41, 5.74) is 1.04. The average molecular weight is 226 g/mol. The van der Waals surface area contributed by atoms with Gasteiger partial charge in [-0.25, -0.2) is 0 Å². The van der Waals surface area contributed by atoms with Crippen LogP contribution in [-0.4, -0.2) is 15.9 Å². The van der Waals surface area contributed by atoms with E-state index >= 15 is 0 Å². The molecule has 0 atom stereocenters. The standard InChI is InChI=1S/C9H10N2OS2/c1-3-6-4-7(12)11-8(5-6)14-9(10-11)13-2/h4-5H,3H2,1-2H3. The number of nitrogens with zero attached hydrogens (tertiary/aromatic N) is 2. The molecule has 0 aromatic carbocycles. The van der Waals surface area contributed by atoms with E-state index < -0.39 is 0 Å². The molecule has 0 N–H and O–H groups in total. The normalized spacial score (nSPS) is 11.0. The number of pyridine rings is 1. The van der Waals surface area contributed by atoms with Crippen molar-refractivity contribution in [1.82, 2.24) is 9.61 Å². The molecule has 2 aromatic heterocycles. The Labute approximate surface area is 89.8 Å². The van der Waals surface area contributed by atoms with E-state index in [4.69, 9.17) is 0 Å². The molecule has 0 amide bonds. The molecule has 0 fully saturated rings. The molecule has 0 aliphatic carbocycles. The lowest BCUT2D eigenvalue weighted by Gasteiger charge is -1.94. The van der Waals surface area contributed by atoms with Crippen LogP contribution in [0.2, 0.25) is 0 Å². The van der Waals surface area contributed by atoms with Gasteiger partial charge >= 0.3 is 0 Å². The zero-order chi connectivity index (χ0) is 10.1. The Hall–Kier alpha value is -0.810. The lowest BCUT2D eigenvalue weighted by atomic mass is 10.2. The molecule has 0 aliphatic heterocycles. The summed E-state index contributed by atoms with van der Waals surface area (Å²) in [4.78, 5) is 12.5. The summed E-state index contributed by atoms with van der Waals surface area (Å²) < 4.78 is 2.39. The first-order chi connectivity index (χ1) is 6.74. The highest BCUT2D eigenvalue weighted by molar-refractivity contribution is 8.00. The minimum absolute atomic E-state index is 0.0316. The Kier molecular flexibility index (Phi) is 2.60. The highest BCUT2D eigenvalue weighted by Gasteiger charge is 2.05. The maximum atomic E-state index is 11.6. The van der Waals surface area contributed by atoms with Gasteiger partial charge in [-0.15, -0.1) is 5.10 Å². The van der Waals surface area contributed by atoms with Crippen molar-refractivity contribution < 1.29 is 0 Å². The van der Waals surface area contributed by atoms with Crippen molar-refractivity contribution in [3.05, 3.63) is 28.0 Å². The third kappa shape index (κ3) is 1.57. The van der Waals surface area contributed by atoms with Crippen molar-refractivity contribution in [2.75, 3.05) is 6.26 Å². The van der Waals surface area contributed by atoms with E-state index in [9.17, 15) is 4.79 Å². The summed E-state index contributed by atoms with van der Waals surface area (Å²) in [5.74, 6) is 0. The molecule has 0 saturated carbocycles. The van der Waals surface area contributed by atoms with Gasteiger partial charge in [-0.2, -0.15) is 4.52 Å². The fourth-order valence-corrected chi connectivity index (χ4v) is 2.72. The molecule has 0 bridgehead atoms. The van der Waals surface area contributed by atoms with Gasteiger partial charge in [0.05, 0.1) is 0 Å². The molecule has 0 radical (unpaired) electrons. The van der Waals surface area contributed by atoms with Crippen molar-refractivity contribution >= 4 is 27.9 Å². The molecule has 14 heavy (non-hydrogen) atoms. The Morgan fingerprint density at radius 2 is 2.36 bits per heavy atom. The van der Waals surface area contributed by atoms with Crippen molar-refractivity contribution in [3.63, 3.8) is 0 Å². The van der Waals surface area contributed by atoms with Gasteiger partial charge in [0.25, 0.3) is 5.56 Å². The van der Waals surface area contributed by atoms with Crippen molar-refractivity contribution in [2.24, 2.45) is 0 Å². The summed E-state index contributed by atoms with van der Waals surface area (Å²) in [5, 5.41) is 4.19. The third-order valence-corrected chi connectivity index (χ3v) is 3.93. The topological polar surface area (TPSA) is 34.4 Å². The van der Waals surface area contributed by atoms with Crippen LogP contribution >= 0.6 is 23.1 Å². The Morgan fingerprint density at radius 3 is 3.00 bits per heavy atom. The SMILES string of the molecule is CCc1cc(=O)n2nc(SC)sc2c1. The summed E-state index contributed by atoms with van der Waals surface area (Å²) in [7, 11) is 0. The predicted octanol–water partition coefficient (Wildman–Crippen LogP) is 2.04. The molecule has 0 saturated heterocycles. The van der Waals surface area contributed by atoms with Crippen molar-refractivity contribution in [3.8, 4) is 0 Å².